The Balaban J connectivity index is 2.15. The molecule has 2 amide bonds. The molecular formula is C12H15N3O3. The van der Waals surface area contributed by atoms with Crippen LogP contribution in [0.4, 0.5) is 5.82 Å². The summed E-state index contributed by atoms with van der Waals surface area (Å²) < 4.78 is 5.40. The molecule has 1 N–H and O–H groups in total. The third-order valence-corrected chi connectivity index (χ3v) is 2.76. The van der Waals surface area contributed by atoms with Gasteiger partial charge in [-0.1, -0.05) is 0 Å². The maximum atomic E-state index is 11.8. The van der Waals surface area contributed by atoms with E-state index in [0.29, 0.717) is 18.2 Å². The van der Waals surface area contributed by atoms with Gasteiger partial charge in [0.1, 0.15) is 6.04 Å². The molecule has 1 atom stereocenters. The van der Waals surface area contributed by atoms with Crippen LogP contribution in [0.25, 0.3) is 0 Å². The Labute approximate surface area is 105 Å². The van der Waals surface area contributed by atoms with Crippen LogP contribution in [-0.4, -0.2) is 41.4 Å². The number of carbonyl (C=O) groups is 2. The number of anilines is 1. The van der Waals surface area contributed by atoms with Gasteiger partial charge in [0, 0.05) is 13.2 Å². The van der Waals surface area contributed by atoms with Gasteiger partial charge in [0.15, 0.2) is 11.6 Å². The Morgan fingerprint density at radius 1 is 1.56 bits per heavy atom. The number of pyridine rings is 1. The summed E-state index contributed by atoms with van der Waals surface area (Å²) in [5, 5.41) is 2.96. The van der Waals surface area contributed by atoms with Crippen molar-refractivity contribution in [2.45, 2.75) is 19.4 Å². The van der Waals surface area contributed by atoms with Gasteiger partial charge in [-0.2, -0.15) is 0 Å². The number of likely N-dealkylation sites (N-methyl/N-ethyl adjacent to an activating group) is 1. The van der Waals surface area contributed by atoms with E-state index >= 15 is 0 Å². The predicted molar refractivity (Wildman–Crippen MR) is 65.2 cm³/mol. The summed E-state index contributed by atoms with van der Waals surface area (Å²) in [6, 6.07) is 2.96. The van der Waals surface area contributed by atoms with E-state index in [2.05, 4.69) is 10.3 Å². The van der Waals surface area contributed by atoms with E-state index < -0.39 is 6.04 Å². The lowest BCUT2D eigenvalue weighted by atomic mass is 10.2. The van der Waals surface area contributed by atoms with Crippen LogP contribution in [0.1, 0.15) is 13.3 Å². The largest absolute Gasteiger partial charge is 0.490 e. The van der Waals surface area contributed by atoms with Gasteiger partial charge in [-0.25, -0.2) is 4.98 Å². The highest BCUT2D eigenvalue weighted by molar-refractivity contribution is 6.06. The zero-order chi connectivity index (χ0) is 13.1. The number of hydrogen-bond acceptors (Lipinski definition) is 5. The van der Waals surface area contributed by atoms with Gasteiger partial charge < -0.3 is 10.1 Å². The number of nitrogens with one attached hydrogen (secondary N) is 1. The van der Waals surface area contributed by atoms with Gasteiger partial charge in [0.2, 0.25) is 5.91 Å². The molecule has 1 aliphatic heterocycles. The fourth-order valence-electron chi connectivity index (χ4n) is 1.80. The van der Waals surface area contributed by atoms with Gasteiger partial charge in [-0.05, 0) is 19.1 Å². The van der Waals surface area contributed by atoms with E-state index in [1.54, 1.807) is 18.3 Å². The zero-order valence-electron chi connectivity index (χ0n) is 10.3. The van der Waals surface area contributed by atoms with Crippen LogP contribution in [0.2, 0.25) is 0 Å². The minimum absolute atomic E-state index is 0.150. The molecule has 1 aromatic rings. The average molecular weight is 249 g/mol. The summed E-state index contributed by atoms with van der Waals surface area (Å²) in [4.78, 5) is 28.4. The van der Waals surface area contributed by atoms with Crippen LogP contribution < -0.4 is 10.1 Å². The summed E-state index contributed by atoms with van der Waals surface area (Å²) in [7, 11) is 1.48. The Kier molecular flexibility index (Phi) is 3.45. The summed E-state index contributed by atoms with van der Waals surface area (Å²) in [6.45, 7) is 2.38. The molecule has 96 valence electrons. The Morgan fingerprint density at radius 2 is 2.33 bits per heavy atom. The second-order valence-electron chi connectivity index (χ2n) is 3.98. The molecule has 1 fully saturated rings. The molecule has 0 saturated carbocycles. The number of rotatable bonds is 4. The number of imide groups is 1. The molecule has 6 nitrogen and oxygen atoms in total. The number of aromatic nitrogens is 1. The molecule has 2 rings (SSSR count). The normalized spacial score (nSPS) is 19.2. The lowest BCUT2D eigenvalue weighted by Gasteiger charge is -2.14. The van der Waals surface area contributed by atoms with Crippen LogP contribution in [0, 0.1) is 0 Å². The van der Waals surface area contributed by atoms with E-state index in [0.717, 1.165) is 4.90 Å². The van der Waals surface area contributed by atoms with E-state index in [4.69, 9.17) is 4.74 Å². The zero-order valence-corrected chi connectivity index (χ0v) is 10.3. The highest BCUT2D eigenvalue weighted by atomic mass is 16.5. The van der Waals surface area contributed by atoms with Crippen molar-refractivity contribution < 1.29 is 14.3 Å². The van der Waals surface area contributed by atoms with Gasteiger partial charge in [-0.3, -0.25) is 14.5 Å². The van der Waals surface area contributed by atoms with E-state index in [-0.39, 0.29) is 18.2 Å². The topological polar surface area (TPSA) is 71.5 Å². The molecule has 0 spiro atoms. The molecule has 18 heavy (non-hydrogen) atoms. The molecule has 1 saturated heterocycles. The van der Waals surface area contributed by atoms with E-state index in [1.807, 2.05) is 6.92 Å². The second-order valence-corrected chi connectivity index (χ2v) is 3.98. The maximum absolute atomic E-state index is 11.8. The first-order chi connectivity index (χ1) is 8.63. The SMILES string of the molecule is CCOc1cccnc1NC1CC(=O)N(C)C1=O. The molecule has 6 heteroatoms. The molecule has 2 heterocycles. The highest BCUT2D eigenvalue weighted by Gasteiger charge is 2.36. The van der Waals surface area contributed by atoms with Gasteiger partial charge >= 0.3 is 0 Å². The number of hydrogen-bond donors (Lipinski definition) is 1. The Bertz CT molecular complexity index is 475. The first-order valence-corrected chi connectivity index (χ1v) is 5.78. The van der Waals surface area contributed by atoms with Crippen molar-refractivity contribution in [3.63, 3.8) is 0 Å². The van der Waals surface area contributed by atoms with E-state index in [1.165, 1.54) is 7.05 Å². The van der Waals surface area contributed by atoms with Crippen molar-refractivity contribution in [2.24, 2.45) is 0 Å². The predicted octanol–water partition coefficient (Wildman–Crippen LogP) is 0.649. The fraction of sp³-hybridized carbons (Fsp3) is 0.417. The average Bonchev–Trinajstić information content (AvgIpc) is 2.60. The van der Waals surface area contributed by atoms with Gasteiger partial charge in [0.25, 0.3) is 5.91 Å². The van der Waals surface area contributed by atoms with Gasteiger partial charge in [-0.15, -0.1) is 0 Å². The summed E-state index contributed by atoms with van der Waals surface area (Å²) in [6.07, 6.45) is 1.76. The molecule has 1 unspecified atom stereocenters. The summed E-state index contributed by atoms with van der Waals surface area (Å²) >= 11 is 0. The monoisotopic (exact) mass is 249 g/mol. The van der Waals surface area contributed by atoms with Crippen molar-refractivity contribution in [1.29, 1.82) is 0 Å². The lowest BCUT2D eigenvalue weighted by molar-refractivity contribution is -0.136. The first-order valence-electron chi connectivity index (χ1n) is 5.78. The third-order valence-electron chi connectivity index (χ3n) is 2.76. The number of likely N-dealkylation sites (tertiary alicyclic amines) is 1. The standard InChI is InChI=1S/C12H15N3O3/c1-3-18-9-5-4-6-13-11(9)14-8-7-10(16)15(2)12(8)17/h4-6,8H,3,7H2,1-2H3,(H,13,14). The number of ether oxygens (including phenoxy) is 1. The van der Waals surface area contributed by atoms with Crippen LogP contribution in [0.5, 0.6) is 5.75 Å². The fourth-order valence-corrected chi connectivity index (χ4v) is 1.80. The van der Waals surface area contributed by atoms with Crippen LogP contribution >= 0.6 is 0 Å². The summed E-state index contributed by atoms with van der Waals surface area (Å²) in [5.41, 5.74) is 0. The molecule has 0 bridgehead atoms. The van der Waals surface area contributed by atoms with E-state index in [9.17, 15) is 9.59 Å². The molecule has 0 aliphatic carbocycles. The Hall–Kier alpha value is -2.11. The van der Waals surface area contributed by atoms with Crippen molar-refractivity contribution in [3.05, 3.63) is 18.3 Å². The number of nitrogens with zero attached hydrogens (tertiary/aromatic N) is 2. The quantitative estimate of drug-likeness (QED) is 0.793. The van der Waals surface area contributed by atoms with Crippen molar-refractivity contribution in [3.8, 4) is 5.75 Å². The van der Waals surface area contributed by atoms with Crippen molar-refractivity contribution >= 4 is 17.6 Å². The molecule has 1 aliphatic rings. The molecule has 1 aromatic heterocycles. The third kappa shape index (κ3) is 2.27. The minimum atomic E-state index is -0.559. The molecular weight excluding hydrogens is 234 g/mol. The number of amides is 2. The molecule has 0 aromatic carbocycles. The second kappa shape index (κ2) is 5.03. The summed E-state index contributed by atoms with van der Waals surface area (Å²) in [5.74, 6) is 0.634. The first kappa shape index (κ1) is 12.3. The van der Waals surface area contributed by atoms with Crippen LogP contribution in [0.15, 0.2) is 18.3 Å². The molecule has 0 radical (unpaired) electrons. The Morgan fingerprint density at radius 3 is 2.94 bits per heavy atom. The highest BCUT2D eigenvalue weighted by Crippen LogP contribution is 2.24. The lowest BCUT2D eigenvalue weighted by Crippen LogP contribution is -2.32. The van der Waals surface area contributed by atoms with Crippen molar-refractivity contribution in [1.82, 2.24) is 9.88 Å². The minimum Gasteiger partial charge on any atom is -0.490 e. The number of carbonyl (C=O) groups excluding carboxylic acids is 2. The maximum Gasteiger partial charge on any atom is 0.251 e. The van der Waals surface area contributed by atoms with Gasteiger partial charge in [0.05, 0.1) is 13.0 Å². The van der Waals surface area contributed by atoms with Crippen molar-refractivity contribution in [2.75, 3.05) is 19.0 Å². The van der Waals surface area contributed by atoms with Crippen LogP contribution in [0.3, 0.4) is 0 Å². The smallest absolute Gasteiger partial charge is 0.251 e. The van der Waals surface area contributed by atoms with Crippen LogP contribution in [-0.2, 0) is 9.59 Å².